The van der Waals surface area contributed by atoms with E-state index in [1.807, 2.05) is 13.8 Å². The van der Waals surface area contributed by atoms with Gasteiger partial charge in [0.1, 0.15) is 0 Å². The SMILES string of the molecule is CN/C(C)=C\C(C)=O.CN/C(C)=C\C(C)=O.[Pd]. The number of ketones is 2. The van der Waals surface area contributed by atoms with Gasteiger partial charge in [0.15, 0.2) is 11.6 Å². The summed E-state index contributed by atoms with van der Waals surface area (Å²) in [6.07, 6.45) is 3.11. The van der Waals surface area contributed by atoms with Gasteiger partial charge in [-0.05, 0) is 39.8 Å². The van der Waals surface area contributed by atoms with Crippen LogP contribution in [0.4, 0.5) is 0 Å². The Bertz CT molecular complexity index is 267. The monoisotopic (exact) mass is 332 g/mol. The van der Waals surface area contributed by atoms with Crippen LogP contribution in [0.15, 0.2) is 23.5 Å². The fraction of sp³-hybridized carbons (Fsp3) is 0.500. The van der Waals surface area contributed by atoms with Gasteiger partial charge < -0.3 is 10.6 Å². The normalized spacial score (nSPS) is 10.5. The zero-order chi connectivity index (χ0) is 13.1. The first-order chi connectivity index (χ1) is 7.33. The molecule has 5 heteroatoms. The molecule has 0 aliphatic carbocycles. The van der Waals surface area contributed by atoms with E-state index >= 15 is 0 Å². The number of carbonyl (C=O) groups is 2. The number of hydrogen-bond acceptors (Lipinski definition) is 4. The van der Waals surface area contributed by atoms with E-state index in [-0.39, 0.29) is 32.0 Å². The molecule has 4 nitrogen and oxygen atoms in total. The first-order valence-electron chi connectivity index (χ1n) is 5.06. The molecule has 0 rings (SSSR count). The van der Waals surface area contributed by atoms with Crippen molar-refractivity contribution in [3.63, 3.8) is 0 Å². The van der Waals surface area contributed by atoms with Gasteiger partial charge in [-0.15, -0.1) is 0 Å². The Morgan fingerprint density at radius 3 is 1.06 bits per heavy atom. The van der Waals surface area contributed by atoms with Crippen LogP contribution in [0.2, 0.25) is 0 Å². The summed E-state index contributed by atoms with van der Waals surface area (Å²) in [4.78, 5) is 20.6. The third-order valence-electron chi connectivity index (χ3n) is 1.63. The maximum Gasteiger partial charge on any atom is 0.154 e. The van der Waals surface area contributed by atoms with Crippen molar-refractivity contribution in [1.82, 2.24) is 10.6 Å². The van der Waals surface area contributed by atoms with Crippen LogP contribution in [0.25, 0.3) is 0 Å². The Hall–Kier alpha value is -0.918. The smallest absolute Gasteiger partial charge is 0.154 e. The Balaban J connectivity index is -0.000000218. The number of hydrogen-bond donors (Lipinski definition) is 2. The summed E-state index contributed by atoms with van der Waals surface area (Å²) >= 11 is 0. The average molecular weight is 333 g/mol. The Morgan fingerprint density at radius 2 is 1.00 bits per heavy atom. The van der Waals surface area contributed by atoms with Crippen molar-refractivity contribution in [2.24, 2.45) is 0 Å². The van der Waals surface area contributed by atoms with E-state index in [9.17, 15) is 9.59 Å². The van der Waals surface area contributed by atoms with Gasteiger partial charge in [0, 0.05) is 45.9 Å². The van der Waals surface area contributed by atoms with Crippen LogP contribution in [0.5, 0.6) is 0 Å². The summed E-state index contributed by atoms with van der Waals surface area (Å²) in [5, 5.41) is 5.67. The number of allylic oxidation sites excluding steroid dienone is 4. The minimum Gasteiger partial charge on any atom is -0.392 e. The molecule has 0 bridgehead atoms. The predicted molar refractivity (Wildman–Crippen MR) is 67.0 cm³/mol. The molecule has 0 aliphatic rings. The van der Waals surface area contributed by atoms with Gasteiger partial charge in [-0.3, -0.25) is 9.59 Å². The van der Waals surface area contributed by atoms with Crippen molar-refractivity contribution in [2.45, 2.75) is 27.7 Å². The zero-order valence-electron chi connectivity index (χ0n) is 11.3. The summed E-state index contributed by atoms with van der Waals surface area (Å²) in [6.45, 7) is 6.75. The molecule has 0 unspecified atom stereocenters. The number of rotatable bonds is 4. The van der Waals surface area contributed by atoms with Gasteiger partial charge in [-0.1, -0.05) is 0 Å². The molecule has 0 aromatic carbocycles. The number of carbonyl (C=O) groups excluding carboxylic acids is 2. The topological polar surface area (TPSA) is 58.2 Å². The molecule has 102 valence electrons. The molecular weight excluding hydrogens is 311 g/mol. The third kappa shape index (κ3) is 21.0. The molecule has 0 fully saturated rings. The van der Waals surface area contributed by atoms with Crippen molar-refractivity contribution >= 4 is 11.6 Å². The number of nitrogens with one attached hydrogen (secondary N) is 2. The second kappa shape index (κ2) is 13.1. The van der Waals surface area contributed by atoms with Crippen LogP contribution in [-0.4, -0.2) is 25.7 Å². The summed E-state index contributed by atoms with van der Waals surface area (Å²) < 4.78 is 0. The van der Waals surface area contributed by atoms with E-state index in [4.69, 9.17) is 0 Å². The predicted octanol–water partition coefficient (Wildman–Crippen LogP) is 1.39. The molecule has 0 amide bonds. The molecule has 0 heterocycles. The molecule has 0 radical (unpaired) electrons. The molecule has 0 aromatic rings. The van der Waals surface area contributed by atoms with Crippen LogP contribution >= 0.6 is 0 Å². The molecule has 2 N–H and O–H groups in total. The molecule has 0 saturated carbocycles. The maximum atomic E-state index is 10.3. The van der Waals surface area contributed by atoms with Gasteiger partial charge in [0.25, 0.3) is 0 Å². The Kier molecular flexibility index (Phi) is 16.5. The van der Waals surface area contributed by atoms with E-state index in [1.54, 1.807) is 26.2 Å². The minimum atomic E-state index is 0. The maximum absolute atomic E-state index is 10.3. The second-order valence-corrected chi connectivity index (χ2v) is 3.38. The molecular formula is C12H22N2O2Pd. The molecule has 0 spiro atoms. The minimum absolute atomic E-state index is 0. The van der Waals surface area contributed by atoms with Gasteiger partial charge >= 0.3 is 0 Å². The Labute approximate surface area is 118 Å². The fourth-order valence-electron chi connectivity index (χ4n) is 0.754. The average Bonchev–Trinajstić information content (AvgIpc) is 2.16. The van der Waals surface area contributed by atoms with Crippen molar-refractivity contribution in [3.8, 4) is 0 Å². The first kappa shape index (κ1) is 21.4. The quantitative estimate of drug-likeness (QED) is 0.603. The zero-order valence-corrected chi connectivity index (χ0v) is 12.8. The van der Waals surface area contributed by atoms with Gasteiger partial charge in [-0.2, -0.15) is 0 Å². The van der Waals surface area contributed by atoms with Crippen LogP contribution in [0.1, 0.15) is 27.7 Å². The first-order valence-corrected chi connectivity index (χ1v) is 5.06. The van der Waals surface area contributed by atoms with Crippen molar-refractivity contribution in [2.75, 3.05) is 14.1 Å². The van der Waals surface area contributed by atoms with Crippen LogP contribution < -0.4 is 10.6 Å². The Morgan fingerprint density at radius 1 is 0.765 bits per heavy atom. The second-order valence-electron chi connectivity index (χ2n) is 3.38. The van der Waals surface area contributed by atoms with Crippen molar-refractivity contribution in [1.29, 1.82) is 0 Å². The van der Waals surface area contributed by atoms with Crippen molar-refractivity contribution in [3.05, 3.63) is 23.5 Å². The van der Waals surface area contributed by atoms with E-state index in [0.29, 0.717) is 0 Å². The molecule has 17 heavy (non-hydrogen) atoms. The summed E-state index contributed by atoms with van der Waals surface area (Å²) in [6, 6.07) is 0. The van der Waals surface area contributed by atoms with Gasteiger partial charge in [-0.25, -0.2) is 0 Å². The van der Waals surface area contributed by atoms with E-state index in [0.717, 1.165) is 11.4 Å². The standard InChI is InChI=1S/2C6H11NO.Pd/c2*1-5(7-3)4-6(2)8;/h2*4,7H,1-3H3;/b2*5-4-;. The van der Waals surface area contributed by atoms with Crippen LogP contribution in [0.3, 0.4) is 0 Å². The molecule has 0 atom stereocenters. The molecule has 0 aliphatic heterocycles. The van der Waals surface area contributed by atoms with E-state index < -0.39 is 0 Å². The third-order valence-corrected chi connectivity index (χ3v) is 1.63. The van der Waals surface area contributed by atoms with Gasteiger partial charge in [0.05, 0.1) is 0 Å². The molecule has 0 aromatic heterocycles. The van der Waals surface area contributed by atoms with Crippen molar-refractivity contribution < 1.29 is 30.0 Å². The molecule has 0 saturated heterocycles. The van der Waals surface area contributed by atoms with Crippen LogP contribution in [0, 0.1) is 0 Å². The van der Waals surface area contributed by atoms with Gasteiger partial charge in [0.2, 0.25) is 0 Å². The van der Waals surface area contributed by atoms with E-state index in [2.05, 4.69) is 10.6 Å². The van der Waals surface area contributed by atoms with E-state index in [1.165, 1.54) is 13.8 Å². The fourth-order valence-corrected chi connectivity index (χ4v) is 0.754. The summed E-state index contributed by atoms with van der Waals surface area (Å²) in [7, 11) is 3.57. The summed E-state index contributed by atoms with van der Waals surface area (Å²) in [5.74, 6) is 0.161. The van der Waals surface area contributed by atoms with Crippen LogP contribution in [-0.2, 0) is 30.0 Å². The summed E-state index contributed by atoms with van der Waals surface area (Å²) in [5.41, 5.74) is 1.80. The largest absolute Gasteiger partial charge is 0.392 e.